The number of hydrogen-bond donors (Lipinski definition) is 1. The molecule has 0 amide bonds. The highest BCUT2D eigenvalue weighted by atomic mass is 16.5. The summed E-state index contributed by atoms with van der Waals surface area (Å²) in [6.07, 6.45) is 4.17. The third-order valence-electron chi connectivity index (χ3n) is 1.71. The molecule has 0 aromatic carbocycles. The lowest BCUT2D eigenvalue weighted by Gasteiger charge is -1.87. The summed E-state index contributed by atoms with van der Waals surface area (Å²) in [5, 5.41) is 0. The molecule has 0 atom stereocenters. The summed E-state index contributed by atoms with van der Waals surface area (Å²) in [4.78, 5) is 3.17. The van der Waals surface area contributed by atoms with Crippen LogP contribution >= 0.6 is 0 Å². The zero-order valence-electron chi connectivity index (χ0n) is 7.35. The maximum Gasteiger partial charge on any atom is 0.322 e. The first-order chi connectivity index (χ1) is 5.27. The standard InChI is InChI=1S/C8H14N2O/c1-4-5-7-9-8(11-3)6-10(7)2/h6H,4-5H2,1-3H3/p+1. The maximum atomic E-state index is 5.05. The number of aryl methyl sites for hydroxylation is 2. The summed E-state index contributed by atoms with van der Waals surface area (Å²) in [5.74, 6) is 2.04. The quantitative estimate of drug-likeness (QED) is 0.643. The molecule has 1 rings (SSSR count). The van der Waals surface area contributed by atoms with Crippen LogP contribution in [-0.2, 0) is 13.5 Å². The number of aromatic amines is 1. The summed E-state index contributed by atoms with van der Waals surface area (Å²) in [5.41, 5.74) is 0. The van der Waals surface area contributed by atoms with Gasteiger partial charge in [-0.25, -0.2) is 9.55 Å². The van der Waals surface area contributed by atoms with Crippen molar-refractivity contribution in [2.24, 2.45) is 7.05 Å². The molecule has 0 spiro atoms. The van der Waals surface area contributed by atoms with Gasteiger partial charge < -0.3 is 4.74 Å². The predicted molar refractivity (Wildman–Crippen MR) is 42.5 cm³/mol. The molecule has 1 aromatic heterocycles. The van der Waals surface area contributed by atoms with Gasteiger partial charge >= 0.3 is 5.88 Å². The Hall–Kier alpha value is -0.990. The van der Waals surface area contributed by atoms with Crippen LogP contribution in [0.4, 0.5) is 0 Å². The van der Waals surface area contributed by atoms with Crippen LogP contribution in [0, 0.1) is 0 Å². The van der Waals surface area contributed by atoms with Crippen molar-refractivity contribution in [2.75, 3.05) is 7.11 Å². The summed E-state index contributed by atoms with van der Waals surface area (Å²) in [6.45, 7) is 2.16. The van der Waals surface area contributed by atoms with Crippen LogP contribution in [0.25, 0.3) is 0 Å². The fraction of sp³-hybridized carbons (Fsp3) is 0.625. The number of imidazole rings is 1. The van der Waals surface area contributed by atoms with E-state index in [2.05, 4.69) is 16.5 Å². The number of H-pyrrole nitrogens is 1. The van der Waals surface area contributed by atoms with E-state index in [1.807, 2.05) is 13.2 Å². The normalized spacial score (nSPS) is 10.1. The molecule has 0 unspecified atom stereocenters. The number of methoxy groups -OCH3 is 1. The van der Waals surface area contributed by atoms with E-state index in [4.69, 9.17) is 4.74 Å². The Morgan fingerprint density at radius 2 is 2.36 bits per heavy atom. The lowest BCUT2D eigenvalue weighted by atomic mass is 10.3. The van der Waals surface area contributed by atoms with Crippen molar-refractivity contribution in [2.45, 2.75) is 19.8 Å². The minimum atomic E-state index is 0.830. The van der Waals surface area contributed by atoms with E-state index in [0.717, 1.165) is 18.7 Å². The number of aromatic nitrogens is 2. The van der Waals surface area contributed by atoms with Gasteiger partial charge in [-0.05, 0) is 6.42 Å². The van der Waals surface area contributed by atoms with Gasteiger partial charge in [0.25, 0.3) is 5.82 Å². The summed E-state index contributed by atoms with van der Waals surface area (Å²) in [7, 11) is 3.69. The van der Waals surface area contributed by atoms with E-state index in [1.54, 1.807) is 7.11 Å². The first-order valence-electron chi connectivity index (χ1n) is 3.89. The zero-order valence-corrected chi connectivity index (χ0v) is 7.35. The van der Waals surface area contributed by atoms with Crippen molar-refractivity contribution >= 4 is 0 Å². The Kier molecular flexibility index (Phi) is 2.52. The average Bonchev–Trinajstić information content (AvgIpc) is 2.33. The highest BCUT2D eigenvalue weighted by Gasteiger charge is 2.10. The van der Waals surface area contributed by atoms with Crippen LogP contribution < -0.4 is 9.30 Å². The van der Waals surface area contributed by atoms with Gasteiger partial charge in [0.05, 0.1) is 14.2 Å². The monoisotopic (exact) mass is 155 g/mol. The van der Waals surface area contributed by atoms with E-state index >= 15 is 0 Å². The molecule has 3 nitrogen and oxygen atoms in total. The van der Waals surface area contributed by atoms with Crippen molar-refractivity contribution in [3.8, 4) is 5.88 Å². The highest BCUT2D eigenvalue weighted by Crippen LogP contribution is 2.03. The lowest BCUT2D eigenvalue weighted by Crippen LogP contribution is -2.30. The van der Waals surface area contributed by atoms with Gasteiger partial charge in [-0.15, -0.1) is 0 Å². The number of ether oxygens (including phenoxy) is 1. The van der Waals surface area contributed by atoms with E-state index in [9.17, 15) is 0 Å². The molecule has 62 valence electrons. The van der Waals surface area contributed by atoms with Crippen LogP contribution in [0.5, 0.6) is 5.88 Å². The topological polar surface area (TPSA) is 28.9 Å². The summed E-state index contributed by atoms with van der Waals surface area (Å²) >= 11 is 0. The van der Waals surface area contributed by atoms with Gasteiger partial charge in [-0.1, -0.05) is 6.92 Å². The van der Waals surface area contributed by atoms with Crippen molar-refractivity contribution in [3.05, 3.63) is 12.0 Å². The Labute approximate surface area is 67.0 Å². The summed E-state index contributed by atoms with van der Waals surface area (Å²) in [6, 6.07) is 0. The van der Waals surface area contributed by atoms with Crippen molar-refractivity contribution in [3.63, 3.8) is 0 Å². The van der Waals surface area contributed by atoms with E-state index in [1.165, 1.54) is 5.82 Å². The van der Waals surface area contributed by atoms with Crippen molar-refractivity contribution in [1.82, 2.24) is 4.98 Å². The molecule has 3 heteroatoms. The summed E-state index contributed by atoms with van der Waals surface area (Å²) < 4.78 is 7.10. The molecule has 1 aromatic rings. The van der Waals surface area contributed by atoms with Crippen LogP contribution in [0.15, 0.2) is 6.20 Å². The van der Waals surface area contributed by atoms with Crippen LogP contribution in [0.2, 0.25) is 0 Å². The van der Waals surface area contributed by atoms with Crippen LogP contribution in [-0.4, -0.2) is 12.1 Å². The van der Waals surface area contributed by atoms with Gasteiger partial charge in [0, 0.05) is 6.42 Å². The van der Waals surface area contributed by atoms with Crippen LogP contribution in [0.1, 0.15) is 19.2 Å². The fourth-order valence-electron chi connectivity index (χ4n) is 1.10. The molecule has 11 heavy (non-hydrogen) atoms. The third kappa shape index (κ3) is 1.73. The Bertz CT molecular complexity index is 230. The zero-order chi connectivity index (χ0) is 8.27. The molecule has 0 aliphatic rings. The van der Waals surface area contributed by atoms with E-state index in [-0.39, 0.29) is 0 Å². The lowest BCUT2D eigenvalue weighted by molar-refractivity contribution is -0.678. The molecule has 0 aliphatic heterocycles. The number of nitrogens with zero attached hydrogens (tertiary/aromatic N) is 1. The second-order valence-corrected chi connectivity index (χ2v) is 2.63. The fourth-order valence-corrected chi connectivity index (χ4v) is 1.10. The maximum absolute atomic E-state index is 5.05. The number of rotatable bonds is 3. The van der Waals surface area contributed by atoms with Crippen molar-refractivity contribution < 1.29 is 9.30 Å². The smallest absolute Gasteiger partial charge is 0.322 e. The predicted octanol–water partition coefficient (Wildman–Crippen LogP) is 0.800. The Morgan fingerprint density at radius 1 is 1.64 bits per heavy atom. The Morgan fingerprint density at radius 3 is 2.82 bits per heavy atom. The first-order valence-corrected chi connectivity index (χ1v) is 3.89. The van der Waals surface area contributed by atoms with Gasteiger partial charge in [-0.3, -0.25) is 0 Å². The second-order valence-electron chi connectivity index (χ2n) is 2.63. The molecule has 0 bridgehead atoms. The second kappa shape index (κ2) is 3.42. The molecule has 0 aliphatic carbocycles. The van der Waals surface area contributed by atoms with Gasteiger partial charge in [0.2, 0.25) is 0 Å². The number of nitrogens with one attached hydrogen (secondary N) is 1. The van der Waals surface area contributed by atoms with Gasteiger partial charge in [-0.2, -0.15) is 0 Å². The first kappa shape index (κ1) is 8.11. The van der Waals surface area contributed by atoms with Gasteiger partial charge in [0.1, 0.15) is 0 Å². The number of hydrogen-bond acceptors (Lipinski definition) is 1. The third-order valence-corrected chi connectivity index (χ3v) is 1.71. The molecule has 1 heterocycles. The molecule has 0 radical (unpaired) electrons. The average molecular weight is 155 g/mol. The van der Waals surface area contributed by atoms with Crippen molar-refractivity contribution in [1.29, 1.82) is 0 Å². The Balaban J connectivity index is 2.79. The molecule has 1 N–H and O–H groups in total. The molecule has 0 saturated carbocycles. The van der Waals surface area contributed by atoms with E-state index in [0.29, 0.717) is 0 Å². The van der Waals surface area contributed by atoms with Crippen LogP contribution in [0.3, 0.4) is 0 Å². The SMILES string of the molecule is CCCc1[nH]c(OC)c[n+]1C. The molecule has 0 saturated heterocycles. The molecular weight excluding hydrogens is 140 g/mol. The largest absolute Gasteiger partial charge is 0.463 e. The van der Waals surface area contributed by atoms with E-state index < -0.39 is 0 Å². The minimum absolute atomic E-state index is 0.830. The highest BCUT2D eigenvalue weighted by molar-refractivity contribution is 5.00. The van der Waals surface area contributed by atoms with Gasteiger partial charge in [0.15, 0.2) is 6.20 Å². The molecule has 0 fully saturated rings. The molecular formula is C8H15N2O+. The minimum Gasteiger partial charge on any atom is -0.463 e.